The number of H-pyrrole nitrogens is 1. The van der Waals surface area contributed by atoms with E-state index in [1.54, 1.807) is 6.07 Å². The van der Waals surface area contributed by atoms with Crippen LogP contribution in [0.2, 0.25) is 0 Å². The Kier molecular flexibility index (Phi) is 3.41. The number of aromatic amines is 1. The SMILES string of the molecule is CC1CCCN(c2cc3ccccc3c(=O)[nH]2)C1C(=O)O. The number of carboxylic acid groups (broad SMARTS) is 1. The van der Waals surface area contributed by atoms with Gasteiger partial charge in [0.25, 0.3) is 5.56 Å². The molecule has 0 saturated carbocycles. The summed E-state index contributed by atoms with van der Waals surface area (Å²) in [6, 6.07) is 8.61. The van der Waals surface area contributed by atoms with Crippen LogP contribution in [0.15, 0.2) is 35.1 Å². The molecule has 1 fully saturated rings. The maximum atomic E-state index is 12.2. The second-order valence-electron chi connectivity index (χ2n) is 5.67. The lowest BCUT2D eigenvalue weighted by atomic mass is 9.90. The predicted octanol–water partition coefficient (Wildman–Crippen LogP) is 2.22. The molecule has 2 atom stereocenters. The minimum atomic E-state index is -0.837. The number of nitrogens with one attached hydrogen (secondary N) is 1. The van der Waals surface area contributed by atoms with Crippen LogP contribution in [0.4, 0.5) is 5.82 Å². The number of carboxylic acids is 1. The predicted molar refractivity (Wildman–Crippen MR) is 81.7 cm³/mol. The third kappa shape index (κ3) is 2.39. The average Bonchev–Trinajstić information content (AvgIpc) is 2.46. The number of aromatic nitrogens is 1. The summed E-state index contributed by atoms with van der Waals surface area (Å²) in [6.45, 7) is 2.60. The second-order valence-corrected chi connectivity index (χ2v) is 5.67. The van der Waals surface area contributed by atoms with Crippen molar-refractivity contribution in [2.24, 2.45) is 5.92 Å². The summed E-state index contributed by atoms with van der Waals surface area (Å²) in [7, 11) is 0. The van der Waals surface area contributed by atoms with E-state index in [4.69, 9.17) is 0 Å². The summed E-state index contributed by atoms with van der Waals surface area (Å²) >= 11 is 0. The zero-order valence-corrected chi connectivity index (χ0v) is 11.9. The molecule has 0 aliphatic carbocycles. The molecule has 0 spiro atoms. The summed E-state index contributed by atoms with van der Waals surface area (Å²) in [5.41, 5.74) is -0.175. The largest absolute Gasteiger partial charge is 0.480 e. The van der Waals surface area contributed by atoms with Gasteiger partial charge in [-0.25, -0.2) is 4.79 Å². The summed E-state index contributed by atoms with van der Waals surface area (Å²) in [5, 5.41) is 10.9. The number of piperidine rings is 1. The molecule has 5 heteroatoms. The van der Waals surface area contributed by atoms with Crippen LogP contribution >= 0.6 is 0 Å². The zero-order valence-electron chi connectivity index (χ0n) is 11.9. The van der Waals surface area contributed by atoms with Gasteiger partial charge in [0.15, 0.2) is 0 Å². The van der Waals surface area contributed by atoms with Gasteiger partial charge < -0.3 is 15.0 Å². The molecule has 3 rings (SSSR count). The van der Waals surface area contributed by atoms with E-state index in [9.17, 15) is 14.7 Å². The highest BCUT2D eigenvalue weighted by Gasteiger charge is 2.34. The smallest absolute Gasteiger partial charge is 0.326 e. The standard InChI is InChI=1S/C16H18N2O3/c1-10-5-4-8-18(14(10)16(20)21)13-9-11-6-2-3-7-12(11)15(19)17-13/h2-3,6-7,9-10,14H,4-5,8H2,1H3,(H,17,19)(H,20,21). The van der Waals surface area contributed by atoms with Gasteiger partial charge in [-0.05, 0) is 36.3 Å². The minimum absolute atomic E-state index is 0.0613. The fraction of sp³-hybridized carbons (Fsp3) is 0.375. The van der Waals surface area contributed by atoms with Crippen LogP contribution in [0, 0.1) is 5.92 Å². The third-order valence-electron chi connectivity index (χ3n) is 4.23. The quantitative estimate of drug-likeness (QED) is 0.887. The van der Waals surface area contributed by atoms with E-state index in [0.29, 0.717) is 17.7 Å². The van der Waals surface area contributed by atoms with Crippen LogP contribution in [-0.2, 0) is 4.79 Å². The van der Waals surface area contributed by atoms with Crippen LogP contribution in [0.1, 0.15) is 19.8 Å². The van der Waals surface area contributed by atoms with Crippen LogP contribution in [-0.4, -0.2) is 28.6 Å². The number of rotatable bonds is 2. The minimum Gasteiger partial charge on any atom is -0.480 e. The molecule has 0 amide bonds. The zero-order chi connectivity index (χ0) is 15.0. The maximum absolute atomic E-state index is 12.2. The van der Waals surface area contributed by atoms with Crippen LogP contribution < -0.4 is 10.5 Å². The summed E-state index contributed by atoms with van der Waals surface area (Å²) < 4.78 is 0. The Morgan fingerprint density at radius 1 is 1.38 bits per heavy atom. The molecule has 2 unspecified atom stereocenters. The van der Waals surface area contributed by atoms with Crippen molar-refractivity contribution in [3.63, 3.8) is 0 Å². The molecule has 2 N–H and O–H groups in total. The summed E-state index contributed by atoms with van der Waals surface area (Å²) in [5.74, 6) is -0.180. The first-order chi connectivity index (χ1) is 10.1. The van der Waals surface area contributed by atoms with E-state index in [0.717, 1.165) is 18.2 Å². The molecule has 1 aliphatic heterocycles. The first-order valence-electron chi connectivity index (χ1n) is 7.19. The number of nitrogens with zero attached hydrogens (tertiary/aromatic N) is 1. The van der Waals surface area contributed by atoms with Crippen LogP contribution in [0.5, 0.6) is 0 Å². The molecule has 110 valence electrons. The number of hydrogen-bond acceptors (Lipinski definition) is 3. The monoisotopic (exact) mass is 286 g/mol. The molecule has 5 nitrogen and oxygen atoms in total. The van der Waals surface area contributed by atoms with Crippen molar-refractivity contribution < 1.29 is 9.90 Å². The van der Waals surface area contributed by atoms with Gasteiger partial charge >= 0.3 is 5.97 Å². The number of hydrogen-bond donors (Lipinski definition) is 2. The Balaban J connectivity index is 2.10. The van der Waals surface area contributed by atoms with E-state index in [1.807, 2.05) is 36.1 Å². The fourth-order valence-electron chi connectivity index (χ4n) is 3.19. The molecular weight excluding hydrogens is 268 g/mol. The first kappa shape index (κ1) is 13.7. The van der Waals surface area contributed by atoms with Gasteiger partial charge in [-0.2, -0.15) is 0 Å². The number of anilines is 1. The number of fused-ring (bicyclic) bond motifs is 1. The van der Waals surface area contributed by atoms with Crippen molar-refractivity contribution in [1.29, 1.82) is 0 Å². The lowest BCUT2D eigenvalue weighted by Crippen LogP contribution is -2.50. The van der Waals surface area contributed by atoms with Crippen molar-refractivity contribution in [1.82, 2.24) is 4.98 Å². The van der Waals surface area contributed by atoms with Crippen LogP contribution in [0.3, 0.4) is 0 Å². The normalized spacial score (nSPS) is 22.4. The fourth-order valence-corrected chi connectivity index (χ4v) is 3.19. The first-order valence-corrected chi connectivity index (χ1v) is 7.19. The Morgan fingerprint density at radius 2 is 2.14 bits per heavy atom. The van der Waals surface area contributed by atoms with Gasteiger partial charge in [-0.15, -0.1) is 0 Å². The lowest BCUT2D eigenvalue weighted by molar-refractivity contribution is -0.140. The maximum Gasteiger partial charge on any atom is 0.326 e. The Hall–Kier alpha value is -2.30. The van der Waals surface area contributed by atoms with E-state index >= 15 is 0 Å². The molecular formula is C16H18N2O3. The highest BCUT2D eigenvalue weighted by molar-refractivity contribution is 5.85. The topological polar surface area (TPSA) is 73.4 Å². The van der Waals surface area contributed by atoms with Crippen molar-refractivity contribution in [2.75, 3.05) is 11.4 Å². The summed E-state index contributed by atoms with van der Waals surface area (Å²) in [6.07, 6.45) is 1.82. The molecule has 2 heterocycles. The Bertz CT molecular complexity index is 738. The molecule has 1 aliphatic rings. The van der Waals surface area contributed by atoms with E-state index in [-0.39, 0.29) is 11.5 Å². The molecule has 2 aromatic rings. The van der Waals surface area contributed by atoms with E-state index in [2.05, 4.69) is 4.98 Å². The number of pyridine rings is 1. The molecule has 1 saturated heterocycles. The molecule has 1 aromatic carbocycles. The average molecular weight is 286 g/mol. The van der Waals surface area contributed by atoms with Gasteiger partial charge in [0, 0.05) is 11.9 Å². The van der Waals surface area contributed by atoms with Crippen molar-refractivity contribution >= 4 is 22.6 Å². The van der Waals surface area contributed by atoms with Gasteiger partial charge in [0.2, 0.25) is 0 Å². The highest BCUT2D eigenvalue weighted by Crippen LogP contribution is 2.28. The lowest BCUT2D eigenvalue weighted by Gasteiger charge is -2.38. The second kappa shape index (κ2) is 5.24. The number of aliphatic carboxylic acids is 1. The van der Waals surface area contributed by atoms with Crippen molar-refractivity contribution in [2.45, 2.75) is 25.8 Å². The highest BCUT2D eigenvalue weighted by atomic mass is 16.4. The van der Waals surface area contributed by atoms with Gasteiger partial charge in [-0.1, -0.05) is 25.1 Å². The summed E-state index contributed by atoms with van der Waals surface area (Å²) in [4.78, 5) is 28.4. The van der Waals surface area contributed by atoms with Crippen molar-refractivity contribution in [3.8, 4) is 0 Å². The van der Waals surface area contributed by atoms with Gasteiger partial charge in [-0.3, -0.25) is 4.79 Å². The van der Waals surface area contributed by atoms with Gasteiger partial charge in [0.05, 0.1) is 0 Å². The van der Waals surface area contributed by atoms with Crippen molar-refractivity contribution in [3.05, 3.63) is 40.7 Å². The molecule has 1 aromatic heterocycles. The number of benzene rings is 1. The Labute approximate surface area is 122 Å². The third-order valence-corrected chi connectivity index (χ3v) is 4.23. The molecule has 0 radical (unpaired) electrons. The van der Waals surface area contributed by atoms with Gasteiger partial charge in [0.1, 0.15) is 11.9 Å². The number of carbonyl (C=O) groups is 1. The molecule has 0 bridgehead atoms. The Morgan fingerprint density at radius 3 is 2.90 bits per heavy atom. The van der Waals surface area contributed by atoms with E-state index < -0.39 is 12.0 Å². The van der Waals surface area contributed by atoms with Crippen LogP contribution in [0.25, 0.3) is 10.8 Å². The molecule has 21 heavy (non-hydrogen) atoms. The van der Waals surface area contributed by atoms with E-state index in [1.165, 1.54) is 0 Å².